The predicted octanol–water partition coefficient (Wildman–Crippen LogP) is 0.399. The topological polar surface area (TPSA) is 59.6 Å². The largest absolute Gasteiger partial charge is 0.399 e. The molecule has 0 spiro atoms. The first-order valence-corrected chi connectivity index (χ1v) is 3.84. The number of halogens is 2. The quantitative estimate of drug-likeness (QED) is 0.675. The molecule has 1 saturated heterocycles. The summed E-state index contributed by atoms with van der Waals surface area (Å²) in [6.07, 6.45) is 0. The van der Waals surface area contributed by atoms with Gasteiger partial charge in [-0.2, -0.15) is 0 Å². The van der Waals surface area contributed by atoms with Crippen LogP contribution in [0.4, 0.5) is 0 Å². The summed E-state index contributed by atoms with van der Waals surface area (Å²) in [5.74, 6) is 0.352. The van der Waals surface area contributed by atoms with Crippen molar-refractivity contribution in [2.75, 3.05) is 20.2 Å². The van der Waals surface area contributed by atoms with Gasteiger partial charge in [0, 0.05) is 25.0 Å². The van der Waals surface area contributed by atoms with Gasteiger partial charge in [0.1, 0.15) is 7.11 Å². The van der Waals surface area contributed by atoms with E-state index < -0.39 is 0 Å². The van der Waals surface area contributed by atoms with Crippen LogP contribution < -0.4 is 11.1 Å². The van der Waals surface area contributed by atoms with Gasteiger partial charge in [-0.25, -0.2) is 0 Å². The van der Waals surface area contributed by atoms with Gasteiger partial charge in [0.05, 0.1) is 5.71 Å². The lowest BCUT2D eigenvalue weighted by molar-refractivity contribution is 0.211. The predicted molar refractivity (Wildman–Crippen MR) is 58.9 cm³/mol. The second-order valence-electron chi connectivity index (χ2n) is 2.76. The summed E-state index contributed by atoms with van der Waals surface area (Å²) < 4.78 is 0. The van der Waals surface area contributed by atoms with Crippen molar-refractivity contribution in [2.24, 2.45) is 16.8 Å². The maximum atomic E-state index is 5.54. The van der Waals surface area contributed by atoms with Crippen LogP contribution in [0.15, 0.2) is 5.16 Å². The minimum absolute atomic E-state index is 0. The Kier molecular flexibility index (Phi) is 8.77. The van der Waals surface area contributed by atoms with Crippen LogP contribution in [0.5, 0.6) is 0 Å². The van der Waals surface area contributed by atoms with Crippen molar-refractivity contribution in [3.8, 4) is 0 Å². The van der Waals surface area contributed by atoms with E-state index in [2.05, 4.69) is 17.4 Å². The molecule has 3 N–H and O–H groups in total. The molecule has 0 radical (unpaired) electrons. The maximum Gasteiger partial charge on any atom is 0.106 e. The summed E-state index contributed by atoms with van der Waals surface area (Å²) in [6, 6.07) is 0.309. The summed E-state index contributed by atoms with van der Waals surface area (Å²) in [5.41, 5.74) is 6.58. The van der Waals surface area contributed by atoms with Crippen LogP contribution in [0, 0.1) is 5.92 Å². The van der Waals surface area contributed by atoms with Gasteiger partial charge in [0.25, 0.3) is 0 Å². The van der Waals surface area contributed by atoms with Crippen LogP contribution in [0.25, 0.3) is 0 Å². The molecular formula is C7H17Cl2N3O. The van der Waals surface area contributed by atoms with E-state index in [1.54, 1.807) is 7.11 Å². The summed E-state index contributed by atoms with van der Waals surface area (Å²) in [7, 11) is 1.56. The molecule has 0 aromatic rings. The molecule has 6 heteroatoms. The number of rotatable bonds is 2. The molecule has 13 heavy (non-hydrogen) atoms. The first-order chi connectivity index (χ1) is 5.29. The Balaban J connectivity index is 0. The zero-order valence-electron chi connectivity index (χ0n) is 7.82. The minimum atomic E-state index is 0. The lowest BCUT2D eigenvalue weighted by Gasteiger charge is -2.07. The molecule has 1 rings (SSSR count). The van der Waals surface area contributed by atoms with Gasteiger partial charge < -0.3 is 15.9 Å². The summed E-state index contributed by atoms with van der Waals surface area (Å²) >= 11 is 0. The van der Waals surface area contributed by atoms with Crippen LogP contribution in [0.3, 0.4) is 0 Å². The lowest BCUT2D eigenvalue weighted by Crippen LogP contribution is -2.25. The normalized spacial score (nSPS) is 29.3. The van der Waals surface area contributed by atoms with Gasteiger partial charge in [-0.05, 0) is 6.92 Å². The van der Waals surface area contributed by atoms with Crippen molar-refractivity contribution in [3.05, 3.63) is 0 Å². The molecule has 0 amide bonds. The molecule has 1 aliphatic rings. The fourth-order valence-corrected chi connectivity index (χ4v) is 1.34. The minimum Gasteiger partial charge on any atom is -0.399 e. The van der Waals surface area contributed by atoms with Crippen LogP contribution in [-0.2, 0) is 4.84 Å². The number of nitrogens with two attached hydrogens (primary N) is 1. The summed E-state index contributed by atoms with van der Waals surface area (Å²) in [6.45, 7) is 3.62. The average molecular weight is 230 g/mol. The Labute approximate surface area is 91.1 Å². The van der Waals surface area contributed by atoms with Crippen molar-refractivity contribution in [1.29, 1.82) is 0 Å². The van der Waals surface area contributed by atoms with Gasteiger partial charge in [-0.3, -0.25) is 0 Å². The van der Waals surface area contributed by atoms with Crippen LogP contribution in [0.1, 0.15) is 6.92 Å². The molecule has 0 saturated carbocycles. The van der Waals surface area contributed by atoms with Crippen LogP contribution >= 0.6 is 24.8 Å². The van der Waals surface area contributed by atoms with Gasteiger partial charge >= 0.3 is 0 Å². The molecule has 0 bridgehead atoms. The Bertz CT molecular complexity index is 166. The van der Waals surface area contributed by atoms with Crippen molar-refractivity contribution in [2.45, 2.75) is 13.0 Å². The Hall–Kier alpha value is -0.0300. The molecule has 1 unspecified atom stereocenters. The molecule has 1 heterocycles. The van der Waals surface area contributed by atoms with Crippen molar-refractivity contribution in [1.82, 2.24) is 5.32 Å². The highest BCUT2D eigenvalue weighted by atomic mass is 35.5. The van der Waals surface area contributed by atoms with Crippen LogP contribution in [0.2, 0.25) is 0 Å². The monoisotopic (exact) mass is 229 g/mol. The van der Waals surface area contributed by atoms with Crippen molar-refractivity contribution in [3.63, 3.8) is 0 Å². The van der Waals surface area contributed by atoms with Gasteiger partial charge in [0.15, 0.2) is 0 Å². The summed E-state index contributed by atoms with van der Waals surface area (Å²) in [4.78, 5) is 4.72. The zero-order valence-corrected chi connectivity index (χ0v) is 9.45. The Morgan fingerprint density at radius 1 is 1.62 bits per heavy atom. The Morgan fingerprint density at radius 3 is 2.69 bits per heavy atom. The standard InChI is InChI=1S/C7H15N3O.2ClH/c1-5-7(10-11-2)6(3-8)4-9-5;;/h5-6,9H,3-4,8H2,1-2H3;2*1H/t5-,6?;;/m1../s1. The summed E-state index contributed by atoms with van der Waals surface area (Å²) in [5, 5.41) is 7.20. The molecule has 1 aliphatic heterocycles. The SMILES string of the molecule is CON=C1C(CN)CN[C@@H]1C.Cl.Cl. The molecule has 80 valence electrons. The third kappa shape index (κ3) is 3.68. The first-order valence-electron chi connectivity index (χ1n) is 3.84. The molecule has 1 fully saturated rings. The fourth-order valence-electron chi connectivity index (χ4n) is 1.34. The maximum absolute atomic E-state index is 5.54. The third-order valence-electron chi connectivity index (χ3n) is 2.01. The van der Waals surface area contributed by atoms with Crippen molar-refractivity contribution < 1.29 is 4.84 Å². The van der Waals surface area contributed by atoms with E-state index in [9.17, 15) is 0 Å². The molecule has 2 atom stereocenters. The molecule has 0 aromatic heterocycles. The van der Waals surface area contributed by atoms with E-state index in [1.807, 2.05) is 0 Å². The van der Waals surface area contributed by atoms with E-state index in [0.29, 0.717) is 18.5 Å². The highest BCUT2D eigenvalue weighted by molar-refractivity contribution is 5.93. The smallest absolute Gasteiger partial charge is 0.106 e. The lowest BCUT2D eigenvalue weighted by atomic mass is 10.0. The van der Waals surface area contributed by atoms with Gasteiger partial charge in [-0.15, -0.1) is 24.8 Å². The van der Waals surface area contributed by atoms with Crippen molar-refractivity contribution >= 4 is 30.5 Å². The van der Waals surface area contributed by atoms with E-state index in [1.165, 1.54) is 0 Å². The average Bonchev–Trinajstić information content (AvgIpc) is 2.34. The molecule has 4 nitrogen and oxygen atoms in total. The van der Waals surface area contributed by atoms with E-state index in [-0.39, 0.29) is 24.8 Å². The molecule has 0 aliphatic carbocycles. The van der Waals surface area contributed by atoms with Crippen LogP contribution in [-0.4, -0.2) is 32.0 Å². The molecule has 0 aromatic carbocycles. The number of hydrogen-bond donors (Lipinski definition) is 2. The number of nitrogens with zero attached hydrogens (tertiary/aromatic N) is 1. The molecular weight excluding hydrogens is 213 g/mol. The number of oxime groups is 1. The number of nitrogens with one attached hydrogen (secondary N) is 1. The fraction of sp³-hybridized carbons (Fsp3) is 0.857. The van der Waals surface area contributed by atoms with E-state index in [4.69, 9.17) is 10.6 Å². The number of hydrogen-bond acceptors (Lipinski definition) is 4. The third-order valence-corrected chi connectivity index (χ3v) is 2.01. The second-order valence-corrected chi connectivity index (χ2v) is 2.76. The van der Waals surface area contributed by atoms with E-state index >= 15 is 0 Å². The van der Waals surface area contributed by atoms with Gasteiger partial charge in [0.2, 0.25) is 0 Å². The highest BCUT2D eigenvalue weighted by Gasteiger charge is 2.27. The second kappa shape index (κ2) is 7.38. The van der Waals surface area contributed by atoms with E-state index in [0.717, 1.165) is 12.3 Å². The zero-order chi connectivity index (χ0) is 8.27. The highest BCUT2D eigenvalue weighted by Crippen LogP contribution is 2.09. The first kappa shape index (κ1) is 15.4. The Morgan fingerprint density at radius 2 is 2.23 bits per heavy atom. The van der Waals surface area contributed by atoms with Gasteiger partial charge in [-0.1, -0.05) is 5.16 Å².